The highest BCUT2D eigenvalue weighted by Crippen LogP contribution is 2.29. The van der Waals surface area contributed by atoms with Crippen LogP contribution in [0, 0.1) is 0 Å². The van der Waals surface area contributed by atoms with E-state index >= 15 is 0 Å². The van der Waals surface area contributed by atoms with Crippen molar-refractivity contribution in [2.75, 3.05) is 44.7 Å². The van der Waals surface area contributed by atoms with Gasteiger partial charge in [-0.25, -0.2) is 8.42 Å². The summed E-state index contributed by atoms with van der Waals surface area (Å²) in [6.07, 6.45) is 1.25. The van der Waals surface area contributed by atoms with Crippen molar-refractivity contribution < 1.29 is 17.7 Å². The molecule has 1 fully saturated rings. The molecule has 0 aliphatic carbocycles. The maximum atomic E-state index is 13.0. The molecule has 1 saturated heterocycles. The number of rotatable bonds is 5. The minimum atomic E-state index is -2.98. The van der Waals surface area contributed by atoms with Gasteiger partial charge in [-0.3, -0.25) is 9.69 Å². The Morgan fingerprint density at radius 3 is 2.48 bits per heavy atom. The molecule has 29 heavy (non-hydrogen) atoms. The fraction of sp³-hybridized carbons (Fsp3) is 0.333. The van der Waals surface area contributed by atoms with Gasteiger partial charge in [0, 0.05) is 50.1 Å². The standard InChI is InChI=1S/C21H23N3O4S/c1-29(26,27)14-13-23-9-11-24(12-10-23)21(25)17-7-8-19-18(15-17)20(28-22-19)16-5-3-2-4-6-16/h2-8,15H,9-14H2,1H3. The third kappa shape index (κ3) is 4.49. The molecule has 0 saturated carbocycles. The van der Waals surface area contributed by atoms with Crippen LogP contribution in [0.15, 0.2) is 53.1 Å². The summed E-state index contributed by atoms with van der Waals surface area (Å²) in [5.41, 5.74) is 2.23. The maximum absolute atomic E-state index is 13.0. The number of hydrogen-bond donors (Lipinski definition) is 0. The topological polar surface area (TPSA) is 83.7 Å². The Morgan fingerprint density at radius 1 is 1.07 bits per heavy atom. The van der Waals surface area contributed by atoms with Crippen molar-refractivity contribution in [3.63, 3.8) is 0 Å². The average molecular weight is 413 g/mol. The van der Waals surface area contributed by atoms with Crippen molar-refractivity contribution in [3.8, 4) is 11.3 Å². The van der Waals surface area contributed by atoms with E-state index in [1.54, 1.807) is 12.1 Å². The molecule has 0 unspecified atom stereocenters. The van der Waals surface area contributed by atoms with Crippen LogP contribution in [0.2, 0.25) is 0 Å². The number of carbonyl (C=O) groups is 1. The molecule has 152 valence electrons. The molecule has 2 aromatic carbocycles. The van der Waals surface area contributed by atoms with Crippen molar-refractivity contribution in [3.05, 3.63) is 54.1 Å². The van der Waals surface area contributed by atoms with E-state index in [0.717, 1.165) is 10.9 Å². The SMILES string of the molecule is CS(=O)(=O)CCN1CCN(C(=O)c2ccc3noc(-c4ccccc4)c3c2)CC1. The van der Waals surface area contributed by atoms with Gasteiger partial charge in [-0.1, -0.05) is 35.5 Å². The fourth-order valence-corrected chi connectivity index (χ4v) is 4.11. The zero-order valence-electron chi connectivity index (χ0n) is 16.2. The van der Waals surface area contributed by atoms with Crippen LogP contribution in [-0.4, -0.2) is 74.0 Å². The number of aromatic nitrogens is 1. The summed E-state index contributed by atoms with van der Waals surface area (Å²) >= 11 is 0. The molecule has 1 amide bonds. The Kier molecular flexibility index (Phi) is 5.38. The Hall–Kier alpha value is -2.71. The molecule has 2 heterocycles. The van der Waals surface area contributed by atoms with Crippen LogP contribution in [0.1, 0.15) is 10.4 Å². The van der Waals surface area contributed by atoms with Crippen LogP contribution >= 0.6 is 0 Å². The predicted octanol–water partition coefficient (Wildman–Crippen LogP) is 2.30. The van der Waals surface area contributed by atoms with Crippen molar-refractivity contribution in [1.82, 2.24) is 15.0 Å². The van der Waals surface area contributed by atoms with Gasteiger partial charge in [0.1, 0.15) is 15.4 Å². The zero-order chi connectivity index (χ0) is 20.4. The Labute approximate surface area is 169 Å². The second-order valence-electron chi connectivity index (χ2n) is 7.37. The van der Waals surface area contributed by atoms with Gasteiger partial charge >= 0.3 is 0 Å². The first-order chi connectivity index (χ1) is 13.9. The molecule has 0 bridgehead atoms. The number of amides is 1. The largest absolute Gasteiger partial charge is 0.355 e. The molecule has 0 radical (unpaired) electrons. The Balaban J connectivity index is 1.48. The van der Waals surface area contributed by atoms with Crippen molar-refractivity contribution in [1.29, 1.82) is 0 Å². The highest BCUT2D eigenvalue weighted by atomic mass is 32.2. The van der Waals surface area contributed by atoms with Crippen LogP contribution in [0.5, 0.6) is 0 Å². The maximum Gasteiger partial charge on any atom is 0.253 e. The van der Waals surface area contributed by atoms with Gasteiger partial charge in [0.25, 0.3) is 5.91 Å². The summed E-state index contributed by atoms with van der Waals surface area (Å²) in [5, 5.41) is 4.92. The van der Waals surface area contributed by atoms with Crippen molar-refractivity contribution >= 4 is 26.6 Å². The van der Waals surface area contributed by atoms with E-state index in [9.17, 15) is 13.2 Å². The molecule has 7 nitrogen and oxygen atoms in total. The quantitative estimate of drug-likeness (QED) is 0.638. The second kappa shape index (κ2) is 7.96. The van der Waals surface area contributed by atoms with Gasteiger partial charge in [-0.2, -0.15) is 0 Å². The van der Waals surface area contributed by atoms with E-state index in [1.165, 1.54) is 6.26 Å². The van der Waals surface area contributed by atoms with Crippen LogP contribution in [-0.2, 0) is 9.84 Å². The molecule has 1 aliphatic heterocycles. The van der Waals surface area contributed by atoms with Gasteiger partial charge in [0.2, 0.25) is 0 Å². The van der Waals surface area contributed by atoms with Gasteiger partial charge < -0.3 is 9.42 Å². The van der Waals surface area contributed by atoms with Gasteiger partial charge in [0.15, 0.2) is 5.76 Å². The van der Waals surface area contributed by atoms with E-state index in [4.69, 9.17) is 4.52 Å². The molecule has 1 aromatic heterocycles. The minimum Gasteiger partial charge on any atom is -0.355 e. The first-order valence-corrected chi connectivity index (χ1v) is 11.6. The number of carbonyl (C=O) groups excluding carboxylic acids is 1. The first kappa shape index (κ1) is 19.6. The zero-order valence-corrected chi connectivity index (χ0v) is 17.1. The van der Waals surface area contributed by atoms with Crippen LogP contribution in [0.4, 0.5) is 0 Å². The monoisotopic (exact) mass is 413 g/mol. The van der Waals surface area contributed by atoms with Crippen molar-refractivity contribution in [2.24, 2.45) is 0 Å². The van der Waals surface area contributed by atoms with Crippen LogP contribution in [0.25, 0.3) is 22.2 Å². The van der Waals surface area contributed by atoms with Crippen molar-refractivity contribution in [2.45, 2.75) is 0 Å². The summed E-state index contributed by atoms with van der Waals surface area (Å²) in [6.45, 7) is 3.01. The molecule has 1 aliphatic rings. The highest BCUT2D eigenvalue weighted by molar-refractivity contribution is 7.90. The highest BCUT2D eigenvalue weighted by Gasteiger charge is 2.23. The lowest BCUT2D eigenvalue weighted by Crippen LogP contribution is -2.49. The Bertz CT molecular complexity index is 1120. The second-order valence-corrected chi connectivity index (χ2v) is 9.63. The minimum absolute atomic E-state index is 0.0325. The normalized spacial score (nSPS) is 15.7. The first-order valence-electron chi connectivity index (χ1n) is 9.55. The summed E-state index contributed by atoms with van der Waals surface area (Å²) in [4.78, 5) is 16.9. The third-order valence-corrected chi connectivity index (χ3v) is 6.12. The molecule has 4 rings (SSSR count). The van der Waals surface area contributed by atoms with Crippen LogP contribution in [0.3, 0.4) is 0 Å². The summed E-state index contributed by atoms with van der Waals surface area (Å²) in [6, 6.07) is 15.1. The summed E-state index contributed by atoms with van der Waals surface area (Å²) in [7, 11) is -2.98. The molecule has 3 aromatic rings. The lowest BCUT2D eigenvalue weighted by atomic mass is 10.1. The van der Waals surface area contributed by atoms with Gasteiger partial charge in [-0.15, -0.1) is 0 Å². The molecular weight excluding hydrogens is 390 g/mol. The molecule has 8 heteroatoms. The number of sulfone groups is 1. The lowest BCUT2D eigenvalue weighted by Gasteiger charge is -2.34. The number of piperazine rings is 1. The lowest BCUT2D eigenvalue weighted by molar-refractivity contribution is 0.0644. The van der Waals surface area contributed by atoms with E-state index in [2.05, 4.69) is 10.1 Å². The number of nitrogens with zero attached hydrogens (tertiary/aromatic N) is 3. The summed E-state index contributed by atoms with van der Waals surface area (Å²) < 4.78 is 28.2. The smallest absolute Gasteiger partial charge is 0.253 e. The molecule has 0 spiro atoms. The third-order valence-electron chi connectivity index (χ3n) is 5.20. The number of hydrogen-bond acceptors (Lipinski definition) is 6. The number of fused-ring (bicyclic) bond motifs is 1. The molecule has 0 atom stereocenters. The Morgan fingerprint density at radius 2 is 1.79 bits per heavy atom. The van der Waals surface area contributed by atoms with E-state index < -0.39 is 9.84 Å². The van der Waals surface area contributed by atoms with E-state index in [-0.39, 0.29) is 11.7 Å². The van der Waals surface area contributed by atoms with Gasteiger partial charge in [0.05, 0.1) is 11.1 Å². The summed E-state index contributed by atoms with van der Waals surface area (Å²) in [5.74, 6) is 0.767. The van der Waals surface area contributed by atoms with Gasteiger partial charge in [-0.05, 0) is 18.2 Å². The average Bonchev–Trinajstić information content (AvgIpc) is 3.15. The number of benzene rings is 2. The van der Waals surface area contributed by atoms with E-state index in [0.29, 0.717) is 49.6 Å². The predicted molar refractivity (Wildman–Crippen MR) is 111 cm³/mol. The van der Waals surface area contributed by atoms with E-state index in [1.807, 2.05) is 41.3 Å². The molecule has 0 N–H and O–H groups in total. The molecular formula is C21H23N3O4S. The fourth-order valence-electron chi connectivity index (χ4n) is 3.52. The van der Waals surface area contributed by atoms with Crippen LogP contribution < -0.4 is 0 Å².